The Hall–Kier alpha value is -0.810. The van der Waals surface area contributed by atoms with Crippen molar-refractivity contribution in [3.63, 3.8) is 0 Å². The van der Waals surface area contributed by atoms with Gasteiger partial charge in [-0.1, -0.05) is 52.0 Å². The van der Waals surface area contributed by atoms with Crippen LogP contribution in [0.25, 0.3) is 0 Å². The van der Waals surface area contributed by atoms with Crippen LogP contribution in [0.2, 0.25) is 0 Å². The fourth-order valence-electron chi connectivity index (χ4n) is 2.48. The van der Waals surface area contributed by atoms with Gasteiger partial charge >= 0.3 is 0 Å². The van der Waals surface area contributed by atoms with E-state index in [9.17, 15) is 4.79 Å². The average Bonchev–Trinajstić information content (AvgIpc) is 2.50. The molecule has 0 unspecified atom stereocenters. The lowest BCUT2D eigenvalue weighted by atomic mass is 10.0. The van der Waals surface area contributed by atoms with Crippen molar-refractivity contribution in [3.05, 3.63) is 35.4 Å². The first-order valence-electron chi connectivity index (χ1n) is 8.29. The van der Waals surface area contributed by atoms with E-state index in [1.807, 2.05) is 12.1 Å². The van der Waals surface area contributed by atoms with Crippen LogP contribution in [-0.4, -0.2) is 29.9 Å². The minimum Gasteiger partial charge on any atom is -0.351 e. The van der Waals surface area contributed by atoms with E-state index < -0.39 is 6.04 Å². The standard InChI is InChI=1S/C18H31N3O.2ClH/c1-5-21(6-2)13-16-9-7-8-15(11-16)12-20-18(22)17(19)10-14(3)4;;/h7-9,11,14,17H,5-6,10,12-13,19H2,1-4H3,(H,20,22);2*1H/t17-;;/m0../s1. The van der Waals surface area contributed by atoms with E-state index in [-0.39, 0.29) is 30.7 Å². The highest BCUT2D eigenvalue weighted by Crippen LogP contribution is 2.09. The minimum atomic E-state index is -0.418. The number of rotatable bonds is 9. The topological polar surface area (TPSA) is 58.4 Å². The number of nitrogens with two attached hydrogens (primary N) is 1. The Morgan fingerprint density at radius 3 is 2.29 bits per heavy atom. The van der Waals surface area contributed by atoms with Gasteiger partial charge in [0.15, 0.2) is 0 Å². The number of nitrogens with zero attached hydrogens (tertiary/aromatic N) is 1. The molecule has 3 N–H and O–H groups in total. The summed E-state index contributed by atoms with van der Waals surface area (Å²) >= 11 is 0. The molecule has 1 aromatic rings. The molecule has 1 rings (SSSR count). The van der Waals surface area contributed by atoms with Crippen molar-refractivity contribution in [2.75, 3.05) is 13.1 Å². The number of amides is 1. The molecule has 24 heavy (non-hydrogen) atoms. The first-order chi connectivity index (χ1) is 10.5. The third-order valence-electron chi connectivity index (χ3n) is 3.82. The highest BCUT2D eigenvalue weighted by atomic mass is 35.5. The van der Waals surface area contributed by atoms with Crippen LogP contribution in [0.5, 0.6) is 0 Å². The normalized spacial score (nSPS) is 11.6. The molecule has 0 bridgehead atoms. The predicted molar refractivity (Wildman–Crippen MR) is 107 cm³/mol. The Balaban J connectivity index is 0. The SMILES string of the molecule is CCN(CC)Cc1cccc(CNC(=O)[C@@H](N)CC(C)C)c1.Cl.Cl. The predicted octanol–water partition coefficient (Wildman–Crippen LogP) is 3.36. The van der Waals surface area contributed by atoms with Crippen LogP contribution >= 0.6 is 24.8 Å². The van der Waals surface area contributed by atoms with Crippen LogP contribution in [0.3, 0.4) is 0 Å². The first kappa shape index (κ1) is 25.4. The number of benzene rings is 1. The summed E-state index contributed by atoms with van der Waals surface area (Å²) in [4.78, 5) is 14.3. The number of hydrogen-bond donors (Lipinski definition) is 2. The van der Waals surface area contributed by atoms with Gasteiger partial charge in [0, 0.05) is 13.1 Å². The van der Waals surface area contributed by atoms with Gasteiger partial charge in [0.05, 0.1) is 6.04 Å². The molecule has 0 aliphatic carbocycles. The molecule has 0 aliphatic heterocycles. The summed E-state index contributed by atoms with van der Waals surface area (Å²) in [5.41, 5.74) is 8.30. The lowest BCUT2D eigenvalue weighted by Gasteiger charge is -2.18. The molecule has 6 heteroatoms. The molecular weight excluding hydrogens is 345 g/mol. The number of carbonyl (C=O) groups excluding carboxylic acids is 1. The molecule has 0 saturated heterocycles. The van der Waals surface area contributed by atoms with Gasteiger partial charge < -0.3 is 11.1 Å². The number of hydrogen-bond acceptors (Lipinski definition) is 3. The van der Waals surface area contributed by atoms with Crippen molar-refractivity contribution < 1.29 is 4.79 Å². The van der Waals surface area contributed by atoms with Gasteiger partial charge in [-0.05, 0) is 36.6 Å². The van der Waals surface area contributed by atoms with E-state index in [0.29, 0.717) is 18.9 Å². The van der Waals surface area contributed by atoms with Gasteiger partial charge in [-0.2, -0.15) is 0 Å². The van der Waals surface area contributed by atoms with Gasteiger partial charge in [-0.25, -0.2) is 0 Å². The lowest BCUT2D eigenvalue weighted by Crippen LogP contribution is -2.41. The first-order valence-corrected chi connectivity index (χ1v) is 8.29. The van der Waals surface area contributed by atoms with Crippen LogP contribution in [0.1, 0.15) is 45.2 Å². The quantitative estimate of drug-likeness (QED) is 0.693. The fourth-order valence-corrected chi connectivity index (χ4v) is 2.48. The van der Waals surface area contributed by atoms with Crippen molar-refractivity contribution in [2.45, 2.75) is 53.2 Å². The molecule has 0 aliphatic rings. The van der Waals surface area contributed by atoms with E-state index in [4.69, 9.17) is 5.73 Å². The Morgan fingerprint density at radius 1 is 1.17 bits per heavy atom. The second-order valence-corrected chi connectivity index (χ2v) is 6.24. The second-order valence-electron chi connectivity index (χ2n) is 6.24. The van der Waals surface area contributed by atoms with Gasteiger partial charge in [-0.15, -0.1) is 24.8 Å². The zero-order chi connectivity index (χ0) is 16.5. The molecule has 0 heterocycles. The maximum Gasteiger partial charge on any atom is 0.237 e. The Bertz CT molecular complexity index is 465. The van der Waals surface area contributed by atoms with Gasteiger partial charge in [0.25, 0.3) is 0 Å². The molecule has 4 nitrogen and oxygen atoms in total. The molecular formula is C18H33Cl2N3O. The molecule has 0 aromatic heterocycles. The second kappa shape index (κ2) is 13.5. The van der Waals surface area contributed by atoms with Crippen molar-refractivity contribution in [1.82, 2.24) is 10.2 Å². The van der Waals surface area contributed by atoms with Gasteiger partial charge in [-0.3, -0.25) is 9.69 Å². The summed E-state index contributed by atoms with van der Waals surface area (Å²) in [6, 6.07) is 7.97. The highest BCUT2D eigenvalue weighted by molar-refractivity contribution is 5.85. The largest absolute Gasteiger partial charge is 0.351 e. The van der Waals surface area contributed by atoms with Gasteiger partial charge in [0.1, 0.15) is 0 Å². The Labute approximate surface area is 159 Å². The summed E-state index contributed by atoms with van der Waals surface area (Å²) in [7, 11) is 0. The summed E-state index contributed by atoms with van der Waals surface area (Å²) in [5, 5.41) is 2.94. The third-order valence-corrected chi connectivity index (χ3v) is 3.82. The van der Waals surface area contributed by atoms with E-state index in [1.165, 1.54) is 5.56 Å². The van der Waals surface area contributed by atoms with E-state index in [0.717, 1.165) is 25.2 Å². The molecule has 0 spiro atoms. The zero-order valence-corrected chi connectivity index (χ0v) is 16.9. The number of nitrogens with one attached hydrogen (secondary N) is 1. The molecule has 1 atom stereocenters. The monoisotopic (exact) mass is 377 g/mol. The zero-order valence-electron chi connectivity index (χ0n) is 15.2. The smallest absolute Gasteiger partial charge is 0.237 e. The fraction of sp³-hybridized carbons (Fsp3) is 0.611. The van der Waals surface area contributed by atoms with Crippen molar-refractivity contribution in [3.8, 4) is 0 Å². The highest BCUT2D eigenvalue weighted by Gasteiger charge is 2.14. The third kappa shape index (κ3) is 9.48. The van der Waals surface area contributed by atoms with Crippen LogP contribution in [0.4, 0.5) is 0 Å². The molecule has 0 fully saturated rings. The summed E-state index contributed by atoms with van der Waals surface area (Å²) in [5.74, 6) is 0.362. The number of halogens is 2. The summed E-state index contributed by atoms with van der Waals surface area (Å²) < 4.78 is 0. The van der Waals surface area contributed by atoms with Crippen LogP contribution in [-0.2, 0) is 17.9 Å². The van der Waals surface area contributed by atoms with Crippen LogP contribution < -0.4 is 11.1 Å². The molecule has 140 valence electrons. The molecule has 0 saturated carbocycles. The van der Waals surface area contributed by atoms with E-state index >= 15 is 0 Å². The van der Waals surface area contributed by atoms with Crippen molar-refractivity contribution in [1.29, 1.82) is 0 Å². The Morgan fingerprint density at radius 2 is 1.75 bits per heavy atom. The van der Waals surface area contributed by atoms with Crippen molar-refractivity contribution in [2.24, 2.45) is 11.7 Å². The lowest BCUT2D eigenvalue weighted by molar-refractivity contribution is -0.122. The summed E-state index contributed by atoms with van der Waals surface area (Å²) in [6.07, 6.45) is 0.716. The van der Waals surface area contributed by atoms with E-state index in [2.05, 4.69) is 50.0 Å². The van der Waals surface area contributed by atoms with Crippen LogP contribution in [0.15, 0.2) is 24.3 Å². The maximum atomic E-state index is 12.0. The summed E-state index contributed by atoms with van der Waals surface area (Å²) in [6.45, 7) is 12.1. The minimum absolute atomic E-state index is 0. The average molecular weight is 378 g/mol. The maximum absolute atomic E-state index is 12.0. The van der Waals surface area contributed by atoms with Crippen molar-refractivity contribution >= 4 is 30.7 Å². The molecule has 1 amide bonds. The molecule has 1 aromatic carbocycles. The van der Waals surface area contributed by atoms with Crippen LogP contribution in [0, 0.1) is 5.92 Å². The van der Waals surface area contributed by atoms with E-state index in [1.54, 1.807) is 0 Å². The Kier molecular flexibility index (Phi) is 14.3. The van der Waals surface area contributed by atoms with Gasteiger partial charge in [0.2, 0.25) is 5.91 Å². The number of carbonyl (C=O) groups is 1. The molecule has 0 radical (unpaired) electrons.